The fourth-order valence-corrected chi connectivity index (χ4v) is 3.39. The molecule has 0 saturated carbocycles. The molecule has 1 N–H and O–H groups in total. The quantitative estimate of drug-likeness (QED) is 0.669. The zero-order valence-corrected chi connectivity index (χ0v) is 15.7. The first-order valence-electron chi connectivity index (χ1n) is 8.22. The van der Waals surface area contributed by atoms with Gasteiger partial charge in [0, 0.05) is 12.3 Å². The fourth-order valence-electron chi connectivity index (χ4n) is 2.52. The largest absolute Gasteiger partial charge is 0.507 e. The zero-order valence-electron chi connectivity index (χ0n) is 14.9. The summed E-state index contributed by atoms with van der Waals surface area (Å²) in [6.07, 6.45) is 0. The Labute approximate surface area is 160 Å². The molecule has 6 nitrogen and oxygen atoms in total. The van der Waals surface area contributed by atoms with E-state index in [1.54, 1.807) is 17.5 Å². The first-order valence-corrected chi connectivity index (χ1v) is 9.10. The first-order chi connectivity index (χ1) is 13.0. The Morgan fingerprint density at radius 1 is 1.19 bits per heavy atom. The van der Waals surface area contributed by atoms with Gasteiger partial charge < -0.3 is 9.84 Å². The van der Waals surface area contributed by atoms with E-state index in [9.17, 15) is 14.7 Å². The van der Waals surface area contributed by atoms with Crippen LogP contribution in [0.2, 0.25) is 0 Å². The van der Waals surface area contributed by atoms with Gasteiger partial charge >= 0.3 is 5.97 Å². The zero-order chi connectivity index (χ0) is 19.4. The molecule has 27 heavy (non-hydrogen) atoms. The van der Waals surface area contributed by atoms with E-state index in [2.05, 4.69) is 4.98 Å². The second kappa shape index (κ2) is 8.01. The van der Waals surface area contributed by atoms with Crippen LogP contribution < -0.4 is 4.90 Å². The molecule has 1 heterocycles. The number of carbonyl (C=O) groups is 2. The van der Waals surface area contributed by atoms with E-state index in [0.717, 1.165) is 11.3 Å². The third-order valence-corrected chi connectivity index (χ3v) is 4.66. The van der Waals surface area contributed by atoms with Gasteiger partial charge in [0.15, 0.2) is 5.13 Å². The van der Waals surface area contributed by atoms with Gasteiger partial charge in [-0.1, -0.05) is 24.3 Å². The summed E-state index contributed by atoms with van der Waals surface area (Å²) in [7, 11) is 0. The minimum atomic E-state index is -0.634. The van der Waals surface area contributed by atoms with Crippen molar-refractivity contribution in [3.63, 3.8) is 0 Å². The third kappa shape index (κ3) is 4.32. The van der Waals surface area contributed by atoms with E-state index in [0.29, 0.717) is 10.8 Å². The van der Waals surface area contributed by atoms with Crippen LogP contribution in [0.1, 0.15) is 28.5 Å². The molecule has 0 aliphatic carbocycles. The van der Waals surface area contributed by atoms with Crippen molar-refractivity contribution in [2.45, 2.75) is 20.5 Å². The average molecular weight is 382 g/mol. The van der Waals surface area contributed by atoms with Crippen LogP contribution in [-0.4, -0.2) is 22.0 Å². The van der Waals surface area contributed by atoms with E-state index < -0.39 is 5.97 Å². The second-order valence-corrected chi connectivity index (χ2v) is 6.74. The van der Waals surface area contributed by atoms with Gasteiger partial charge in [-0.05, 0) is 36.8 Å². The van der Waals surface area contributed by atoms with Crippen molar-refractivity contribution >= 4 is 34.0 Å². The van der Waals surface area contributed by atoms with Gasteiger partial charge in [0.2, 0.25) is 5.91 Å². The number of hydrogen-bond acceptors (Lipinski definition) is 6. The number of esters is 1. The number of nitrogens with zero attached hydrogens (tertiary/aromatic N) is 2. The maximum Gasteiger partial charge on any atom is 0.342 e. The molecule has 0 fully saturated rings. The lowest BCUT2D eigenvalue weighted by atomic mass is 10.2. The van der Waals surface area contributed by atoms with Crippen molar-refractivity contribution < 1.29 is 19.4 Å². The molecule has 0 aliphatic heterocycles. The Kier molecular flexibility index (Phi) is 5.52. The average Bonchev–Trinajstić information content (AvgIpc) is 3.08. The van der Waals surface area contributed by atoms with E-state index >= 15 is 0 Å². The van der Waals surface area contributed by atoms with Crippen molar-refractivity contribution in [2.24, 2.45) is 0 Å². The van der Waals surface area contributed by atoms with Crippen molar-refractivity contribution in [3.05, 3.63) is 70.7 Å². The number of phenolic OH excluding ortho intramolecular Hbond substituents is 1. The van der Waals surface area contributed by atoms with Crippen LogP contribution in [0, 0.1) is 6.92 Å². The second-order valence-electron chi connectivity index (χ2n) is 5.91. The van der Waals surface area contributed by atoms with Crippen LogP contribution in [-0.2, 0) is 16.1 Å². The fraction of sp³-hybridized carbons (Fsp3) is 0.150. The van der Waals surface area contributed by atoms with Crippen LogP contribution >= 0.6 is 11.3 Å². The number of aryl methyl sites for hydroxylation is 1. The van der Waals surface area contributed by atoms with E-state index in [-0.39, 0.29) is 23.8 Å². The molecular formula is C20H18N2O4S. The molecule has 0 bridgehead atoms. The minimum Gasteiger partial charge on any atom is -0.507 e. The number of benzene rings is 2. The van der Waals surface area contributed by atoms with Gasteiger partial charge in [-0.15, -0.1) is 11.3 Å². The monoisotopic (exact) mass is 382 g/mol. The smallest absolute Gasteiger partial charge is 0.342 e. The van der Waals surface area contributed by atoms with E-state index in [4.69, 9.17) is 4.74 Å². The Balaban J connectivity index is 1.74. The van der Waals surface area contributed by atoms with Gasteiger partial charge in [0.1, 0.15) is 17.9 Å². The summed E-state index contributed by atoms with van der Waals surface area (Å²) in [6, 6.07) is 13.7. The van der Waals surface area contributed by atoms with Crippen molar-refractivity contribution in [2.75, 3.05) is 4.90 Å². The number of phenols is 1. The molecule has 0 spiro atoms. The van der Waals surface area contributed by atoms with Crippen molar-refractivity contribution in [1.29, 1.82) is 0 Å². The lowest BCUT2D eigenvalue weighted by molar-refractivity contribution is -0.115. The highest BCUT2D eigenvalue weighted by atomic mass is 32.1. The Bertz CT molecular complexity index is 983. The topological polar surface area (TPSA) is 79.7 Å². The molecule has 3 rings (SSSR count). The summed E-state index contributed by atoms with van der Waals surface area (Å²) >= 11 is 1.29. The number of thiazole rings is 1. The predicted molar refractivity (Wildman–Crippen MR) is 103 cm³/mol. The number of aromatic nitrogens is 1. The standard InChI is InChI=1S/C20H18N2O4S/c1-13-6-5-7-16(10-13)22(14(2)23)20-21-15(12-27-20)11-26-19(25)17-8-3-4-9-18(17)24/h3-10,12,24H,11H2,1-2H3. The molecule has 1 aromatic heterocycles. The summed E-state index contributed by atoms with van der Waals surface area (Å²) < 4.78 is 5.22. The highest BCUT2D eigenvalue weighted by Gasteiger charge is 2.19. The van der Waals surface area contributed by atoms with Crippen molar-refractivity contribution in [1.82, 2.24) is 4.98 Å². The Morgan fingerprint density at radius 2 is 1.96 bits per heavy atom. The molecular weight excluding hydrogens is 364 g/mol. The summed E-state index contributed by atoms with van der Waals surface area (Å²) in [5.74, 6) is -0.930. The summed E-state index contributed by atoms with van der Waals surface area (Å²) in [5.41, 5.74) is 2.39. The van der Waals surface area contributed by atoms with Crippen LogP contribution in [0.3, 0.4) is 0 Å². The number of anilines is 2. The molecule has 0 aliphatic rings. The number of aromatic hydroxyl groups is 1. The van der Waals surface area contributed by atoms with Gasteiger partial charge in [0.05, 0.1) is 11.4 Å². The minimum absolute atomic E-state index is 0.0524. The highest BCUT2D eigenvalue weighted by Crippen LogP contribution is 2.29. The maximum atomic E-state index is 12.1. The van der Waals surface area contributed by atoms with Gasteiger partial charge in [-0.3, -0.25) is 9.69 Å². The maximum absolute atomic E-state index is 12.1. The number of ether oxygens (including phenoxy) is 1. The van der Waals surface area contributed by atoms with Crippen LogP contribution in [0.25, 0.3) is 0 Å². The highest BCUT2D eigenvalue weighted by molar-refractivity contribution is 7.14. The Hall–Kier alpha value is -3.19. The predicted octanol–water partition coefficient (Wildman–Crippen LogP) is 4.20. The Morgan fingerprint density at radius 3 is 2.67 bits per heavy atom. The summed E-state index contributed by atoms with van der Waals surface area (Å²) in [6.45, 7) is 3.37. The van der Waals surface area contributed by atoms with Gasteiger partial charge in [-0.2, -0.15) is 0 Å². The normalized spacial score (nSPS) is 10.4. The van der Waals surface area contributed by atoms with E-state index in [1.807, 2.05) is 31.2 Å². The number of para-hydroxylation sites is 1. The molecule has 1 amide bonds. The summed E-state index contributed by atoms with van der Waals surface area (Å²) in [4.78, 5) is 30.1. The molecule has 0 unspecified atom stereocenters. The van der Waals surface area contributed by atoms with Crippen LogP contribution in [0.4, 0.5) is 10.8 Å². The van der Waals surface area contributed by atoms with Crippen LogP contribution in [0.5, 0.6) is 5.75 Å². The SMILES string of the molecule is CC(=O)N(c1cccc(C)c1)c1nc(COC(=O)c2ccccc2O)cs1. The summed E-state index contributed by atoms with van der Waals surface area (Å²) in [5, 5.41) is 11.9. The lowest BCUT2D eigenvalue weighted by Gasteiger charge is -2.18. The molecule has 0 radical (unpaired) electrons. The number of hydrogen-bond donors (Lipinski definition) is 1. The third-order valence-electron chi connectivity index (χ3n) is 3.78. The van der Waals surface area contributed by atoms with Crippen LogP contribution in [0.15, 0.2) is 53.9 Å². The van der Waals surface area contributed by atoms with E-state index in [1.165, 1.54) is 35.3 Å². The van der Waals surface area contributed by atoms with Gasteiger partial charge in [0.25, 0.3) is 0 Å². The number of carbonyl (C=O) groups excluding carboxylic acids is 2. The first kappa shape index (κ1) is 18.6. The number of amides is 1. The lowest BCUT2D eigenvalue weighted by Crippen LogP contribution is -2.22. The molecule has 3 aromatic rings. The van der Waals surface area contributed by atoms with Crippen molar-refractivity contribution in [3.8, 4) is 5.75 Å². The molecule has 2 aromatic carbocycles. The molecule has 7 heteroatoms. The van der Waals surface area contributed by atoms with Gasteiger partial charge in [-0.25, -0.2) is 9.78 Å². The number of rotatable bonds is 5. The molecule has 138 valence electrons. The molecule has 0 atom stereocenters. The molecule has 0 saturated heterocycles.